The van der Waals surface area contributed by atoms with E-state index in [1.807, 2.05) is 25.1 Å². The summed E-state index contributed by atoms with van der Waals surface area (Å²) in [4.78, 5) is 24.8. The van der Waals surface area contributed by atoms with Crippen molar-refractivity contribution in [3.05, 3.63) is 35.4 Å². The molecule has 1 aromatic rings. The summed E-state index contributed by atoms with van der Waals surface area (Å²) in [5.41, 5.74) is 2.33. The zero-order valence-electron chi connectivity index (χ0n) is 12.5. The van der Waals surface area contributed by atoms with E-state index in [1.165, 1.54) is 5.56 Å². The summed E-state index contributed by atoms with van der Waals surface area (Å²) in [7, 11) is 0. The number of rotatable bonds is 4. The summed E-state index contributed by atoms with van der Waals surface area (Å²) in [6.45, 7) is 5.22. The van der Waals surface area contributed by atoms with Gasteiger partial charge < -0.3 is 15.3 Å². The summed E-state index contributed by atoms with van der Waals surface area (Å²) >= 11 is 0. The van der Waals surface area contributed by atoms with Gasteiger partial charge in [0.2, 0.25) is 0 Å². The lowest BCUT2D eigenvalue weighted by molar-refractivity contribution is -0.142. The third kappa shape index (κ3) is 3.54. The van der Waals surface area contributed by atoms with Gasteiger partial charge in [0, 0.05) is 19.6 Å². The van der Waals surface area contributed by atoms with Crippen molar-refractivity contribution in [1.82, 2.24) is 10.2 Å². The highest BCUT2D eigenvalue weighted by molar-refractivity contribution is 5.77. The van der Waals surface area contributed by atoms with Gasteiger partial charge in [-0.1, -0.05) is 38.1 Å². The molecule has 5 nitrogen and oxygen atoms in total. The molecule has 114 valence electrons. The molecule has 2 amide bonds. The van der Waals surface area contributed by atoms with Crippen LogP contribution in [0.25, 0.3) is 0 Å². The second-order valence-corrected chi connectivity index (χ2v) is 5.61. The Labute approximate surface area is 125 Å². The van der Waals surface area contributed by atoms with Gasteiger partial charge in [0.25, 0.3) is 0 Å². The quantitative estimate of drug-likeness (QED) is 0.892. The molecule has 0 saturated carbocycles. The number of benzene rings is 1. The Bertz CT molecular complexity index is 530. The Hall–Kier alpha value is -2.04. The second kappa shape index (κ2) is 6.61. The molecule has 0 aromatic heterocycles. The van der Waals surface area contributed by atoms with Crippen LogP contribution in [0.1, 0.15) is 25.0 Å². The van der Waals surface area contributed by atoms with Gasteiger partial charge in [-0.05, 0) is 23.5 Å². The third-order valence-electron chi connectivity index (χ3n) is 4.15. The fourth-order valence-corrected chi connectivity index (χ4v) is 2.81. The molecule has 1 fully saturated rings. The molecule has 5 heteroatoms. The van der Waals surface area contributed by atoms with Crippen molar-refractivity contribution in [2.45, 2.75) is 26.8 Å². The van der Waals surface area contributed by atoms with E-state index in [4.69, 9.17) is 5.11 Å². The lowest BCUT2D eigenvalue weighted by Gasteiger charge is -2.17. The van der Waals surface area contributed by atoms with Crippen LogP contribution in [0.15, 0.2) is 24.3 Å². The number of likely N-dealkylation sites (tertiary alicyclic amines) is 1. The van der Waals surface area contributed by atoms with Crippen molar-refractivity contribution in [3.8, 4) is 0 Å². The van der Waals surface area contributed by atoms with Crippen molar-refractivity contribution in [3.63, 3.8) is 0 Å². The number of hydrogen-bond donors (Lipinski definition) is 2. The number of carbonyl (C=O) groups excluding carboxylic acids is 1. The first-order valence-electron chi connectivity index (χ1n) is 7.35. The molecule has 2 atom stereocenters. The summed E-state index contributed by atoms with van der Waals surface area (Å²) in [5.74, 6) is -1.29. The van der Waals surface area contributed by atoms with Crippen LogP contribution in [-0.4, -0.2) is 35.1 Å². The lowest BCUT2D eigenvalue weighted by Crippen LogP contribution is -2.38. The monoisotopic (exact) mass is 290 g/mol. The minimum Gasteiger partial charge on any atom is -0.481 e. The summed E-state index contributed by atoms with van der Waals surface area (Å²) in [6, 6.07) is 7.82. The molecule has 0 spiro atoms. The van der Waals surface area contributed by atoms with E-state index >= 15 is 0 Å². The van der Waals surface area contributed by atoms with Gasteiger partial charge in [0.15, 0.2) is 0 Å². The van der Waals surface area contributed by atoms with Gasteiger partial charge in [-0.15, -0.1) is 0 Å². The number of aryl methyl sites for hydroxylation is 1. The molecule has 2 rings (SSSR count). The maximum Gasteiger partial charge on any atom is 0.317 e. The number of aliphatic carboxylic acids is 1. The van der Waals surface area contributed by atoms with Crippen LogP contribution in [-0.2, 0) is 17.8 Å². The molecule has 0 radical (unpaired) electrons. The Morgan fingerprint density at radius 3 is 2.52 bits per heavy atom. The van der Waals surface area contributed by atoms with E-state index in [1.54, 1.807) is 4.90 Å². The van der Waals surface area contributed by atoms with Crippen molar-refractivity contribution in [1.29, 1.82) is 0 Å². The topological polar surface area (TPSA) is 69.6 Å². The highest BCUT2D eigenvalue weighted by atomic mass is 16.4. The number of nitrogens with zero attached hydrogens (tertiary/aromatic N) is 1. The Morgan fingerprint density at radius 1 is 1.29 bits per heavy atom. The van der Waals surface area contributed by atoms with E-state index in [2.05, 4.69) is 18.3 Å². The molecule has 0 aliphatic carbocycles. The molecule has 2 unspecified atom stereocenters. The van der Waals surface area contributed by atoms with Gasteiger partial charge in [-0.2, -0.15) is 0 Å². The summed E-state index contributed by atoms with van der Waals surface area (Å²) in [5, 5.41) is 12.0. The zero-order valence-corrected chi connectivity index (χ0v) is 12.5. The first-order valence-corrected chi connectivity index (χ1v) is 7.35. The molecular formula is C16H22N2O3. The third-order valence-corrected chi connectivity index (χ3v) is 4.15. The van der Waals surface area contributed by atoms with Crippen molar-refractivity contribution in [2.24, 2.45) is 11.8 Å². The van der Waals surface area contributed by atoms with Crippen LogP contribution >= 0.6 is 0 Å². The molecule has 1 aliphatic heterocycles. The maximum atomic E-state index is 12.2. The fourth-order valence-electron chi connectivity index (χ4n) is 2.81. The molecule has 1 heterocycles. The minimum absolute atomic E-state index is 0.00354. The lowest BCUT2D eigenvalue weighted by atomic mass is 9.99. The number of carboxylic acids is 1. The number of carbonyl (C=O) groups is 2. The second-order valence-electron chi connectivity index (χ2n) is 5.61. The van der Waals surface area contributed by atoms with Gasteiger partial charge in [-0.3, -0.25) is 4.79 Å². The van der Waals surface area contributed by atoms with Crippen LogP contribution < -0.4 is 5.32 Å². The Morgan fingerprint density at radius 2 is 1.95 bits per heavy atom. The van der Waals surface area contributed by atoms with Gasteiger partial charge in [-0.25, -0.2) is 4.79 Å². The van der Waals surface area contributed by atoms with Crippen LogP contribution in [0.4, 0.5) is 4.79 Å². The zero-order chi connectivity index (χ0) is 15.4. The predicted octanol–water partition coefficient (Wildman–Crippen LogP) is 2.11. The van der Waals surface area contributed by atoms with Crippen molar-refractivity contribution >= 4 is 12.0 Å². The molecule has 0 bridgehead atoms. The van der Waals surface area contributed by atoms with Gasteiger partial charge >= 0.3 is 12.0 Å². The number of amides is 2. The molecule has 1 aliphatic rings. The van der Waals surface area contributed by atoms with E-state index in [9.17, 15) is 9.59 Å². The Balaban J connectivity index is 1.92. The molecule has 1 aromatic carbocycles. The average molecular weight is 290 g/mol. The molecule has 1 saturated heterocycles. The van der Waals surface area contributed by atoms with Crippen molar-refractivity contribution in [2.75, 3.05) is 13.1 Å². The largest absolute Gasteiger partial charge is 0.481 e. The van der Waals surface area contributed by atoms with E-state index in [-0.39, 0.29) is 18.5 Å². The SMILES string of the molecule is CCc1ccccc1CNC(=O)N1CC(C)C(C(=O)O)C1. The average Bonchev–Trinajstić information content (AvgIpc) is 2.87. The van der Waals surface area contributed by atoms with Gasteiger partial charge in [0.1, 0.15) is 0 Å². The first kappa shape index (κ1) is 15.4. The van der Waals surface area contributed by atoms with E-state index < -0.39 is 11.9 Å². The molecular weight excluding hydrogens is 268 g/mol. The number of carboxylic acid groups (broad SMARTS) is 1. The normalized spacial score (nSPS) is 21.3. The number of hydrogen-bond acceptors (Lipinski definition) is 2. The highest BCUT2D eigenvalue weighted by Gasteiger charge is 2.36. The summed E-state index contributed by atoms with van der Waals surface area (Å²) in [6.07, 6.45) is 0.924. The van der Waals surface area contributed by atoms with E-state index in [0.717, 1.165) is 12.0 Å². The Kier molecular flexibility index (Phi) is 4.83. The highest BCUT2D eigenvalue weighted by Crippen LogP contribution is 2.23. The number of nitrogens with one attached hydrogen (secondary N) is 1. The van der Waals surface area contributed by atoms with Crippen LogP contribution in [0.2, 0.25) is 0 Å². The number of urea groups is 1. The predicted molar refractivity (Wildman–Crippen MR) is 79.9 cm³/mol. The van der Waals surface area contributed by atoms with Gasteiger partial charge in [0.05, 0.1) is 5.92 Å². The molecule has 21 heavy (non-hydrogen) atoms. The standard InChI is InChI=1S/C16H22N2O3/c1-3-12-6-4-5-7-13(12)8-17-16(21)18-9-11(2)14(10-18)15(19)20/h4-7,11,14H,3,8-10H2,1-2H3,(H,17,21)(H,19,20). The van der Waals surface area contributed by atoms with Crippen LogP contribution in [0.3, 0.4) is 0 Å². The minimum atomic E-state index is -0.825. The summed E-state index contributed by atoms with van der Waals surface area (Å²) < 4.78 is 0. The first-order chi connectivity index (χ1) is 10.0. The molecule has 2 N–H and O–H groups in total. The fraction of sp³-hybridized carbons (Fsp3) is 0.500. The van der Waals surface area contributed by atoms with Crippen LogP contribution in [0.5, 0.6) is 0 Å². The van der Waals surface area contributed by atoms with Crippen LogP contribution in [0, 0.1) is 11.8 Å². The van der Waals surface area contributed by atoms with Crippen molar-refractivity contribution < 1.29 is 14.7 Å². The smallest absolute Gasteiger partial charge is 0.317 e. The maximum absolute atomic E-state index is 12.2. The van der Waals surface area contributed by atoms with E-state index in [0.29, 0.717) is 13.1 Å².